The highest BCUT2D eigenvalue weighted by Crippen LogP contribution is 2.14. The maximum absolute atomic E-state index is 12.1. The molecule has 2 rings (SSSR count). The third kappa shape index (κ3) is 4.61. The average molecular weight is 318 g/mol. The molecular formula is C16H22N4OS. The summed E-state index contributed by atoms with van der Waals surface area (Å²) in [5, 5.41) is 7.02. The van der Waals surface area contributed by atoms with E-state index in [4.69, 9.17) is 0 Å². The summed E-state index contributed by atoms with van der Waals surface area (Å²) in [5.74, 6) is 0.0192. The topological polar surface area (TPSA) is 58.1 Å². The second-order valence-electron chi connectivity index (χ2n) is 5.65. The number of hydrogen-bond donors (Lipinski definition) is 1. The second kappa shape index (κ2) is 7.47. The van der Waals surface area contributed by atoms with Crippen molar-refractivity contribution in [3.8, 4) is 0 Å². The van der Waals surface area contributed by atoms with Crippen LogP contribution in [-0.4, -0.2) is 34.0 Å². The van der Waals surface area contributed by atoms with Crippen LogP contribution in [0.15, 0.2) is 24.3 Å². The van der Waals surface area contributed by atoms with E-state index in [0.29, 0.717) is 13.1 Å². The summed E-state index contributed by atoms with van der Waals surface area (Å²) in [6, 6.07) is 8.23. The first-order valence-electron chi connectivity index (χ1n) is 7.28. The minimum absolute atomic E-state index is 0.00769. The van der Waals surface area contributed by atoms with Crippen LogP contribution in [0.2, 0.25) is 0 Å². The molecule has 0 fully saturated rings. The minimum Gasteiger partial charge on any atom is -0.348 e. The first-order valence-corrected chi connectivity index (χ1v) is 8.05. The van der Waals surface area contributed by atoms with Gasteiger partial charge in [0.25, 0.3) is 0 Å². The number of carbonyl (C=O) groups excluding carboxylic acids is 1. The predicted octanol–water partition coefficient (Wildman–Crippen LogP) is 2.46. The van der Waals surface area contributed by atoms with Gasteiger partial charge < -0.3 is 5.32 Å². The fourth-order valence-electron chi connectivity index (χ4n) is 2.17. The lowest BCUT2D eigenvalue weighted by Crippen LogP contribution is -2.36. The van der Waals surface area contributed by atoms with Crippen molar-refractivity contribution in [2.24, 2.45) is 0 Å². The zero-order valence-electron chi connectivity index (χ0n) is 13.5. The van der Waals surface area contributed by atoms with Gasteiger partial charge in [-0.1, -0.05) is 34.3 Å². The molecule has 0 aliphatic rings. The van der Waals surface area contributed by atoms with Gasteiger partial charge in [-0.05, 0) is 44.9 Å². The molecule has 1 N–H and O–H groups in total. The molecule has 1 aromatic carbocycles. The Morgan fingerprint density at radius 3 is 2.59 bits per heavy atom. The van der Waals surface area contributed by atoms with E-state index >= 15 is 0 Å². The quantitative estimate of drug-likeness (QED) is 0.889. The molecule has 0 saturated carbocycles. The van der Waals surface area contributed by atoms with Crippen LogP contribution in [-0.2, 0) is 11.3 Å². The van der Waals surface area contributed by atoms with Crippen LogP contribution in [0, 0.1) is 13.8 Å². The average Bonchev–Trinajstić information content (AvgIpc) is 2.84. The summed E-state index contributed by atoms with van der Waals surface area (Å²) in [4.78, 5) is 15.2. The minimum atomic E-state index is 0.00769. The third-order valence-corrected chi connectivity index (χ3v) is 4.34. The molecule has 0 spiro atoms. The Kier molecular flexibility index (Phi) is 5.63. The largest absolute Gasteiger partial charge is 0.348 e. The van der Waals surface area contributed by atoms with Crippen LogP contribution in [0.3, 0.4) is 0 Å². The van der Waals surface area contributed by atoms with Crippen LogP contribution in [0.5, 0.6) is 0 Å². The number of benzene rings is 1. The zero-order valence-corrected chi connectivity index (χ0v) is 14.3. The molecule has 0 radical (unpaired) electrons. The van der Waals surface area contributed by atoms with E-state index in [2.05, 4.69) is 46.1 Å². The summed E-state index contributed by atoms with van der Waals surface area (Å²) in [6.45, 7) is 7.04. The Labute approximate surface area is 135 Å². The van der Waals surface area contributed by atoms with Crippen LogP contribution < -0.4 is 5.32 Å². The number of hydrogen-bond acceptors (Lipinski definition) is 5. The highest BCUT2D eigenvalue weighted by atomic mass is 32.1. The number of amides is 1. The SMILES string of the molecule is Cc1ccc(C(C)NC(=O)CN(C)Cc2snnc2C)cc1. The second-order valence-corrected chi connectivity index (χ2v) is 6.49. The fourth-order valence-corrected chi connectivity index (χ4v) is 2.88. The Morgan fingerprint density at radius 1 is 1.32 bits per heavy atom. The lowest BCUT2D eigenvalue weighted by atomic mass is 10.1. The molecular weight excluding hydrogens is 296 g/mol. The number of rotatable bonds is 6. The lowest BCUT2D eigenvalue weighted by Gasteiger charge is -2.19. The van der Waals surface area contributed by atoms with Crippen molar-refractivity contribution in [3.05, 3.63) is 46.0 Å². The van der Waals surface area contributed by atoms with Gasteiger partial charge in [0.1, 0.15) is 0 Å². The van der Waals surface area contributed by atoms with Crippen molar-refractivity contribution >= 4 is 17.4 Å². The van der Waals surface area contributed by atoms with E-state index in [1.807, 2.05) is 25.8 Å². The molecule has 0 bridgehead atoms. The van der Waals surface area contributed by atoms with Crippen LogP contribution in [0.25, 0.3) is 0 Å². The van der Waals surface area contributed by atoms with E-state index in [0.717, 1.165) is 16.1 Å². The molecule has 0 saturated heterocycles. The van der Waals surface area contributed by atoms with E-state index in [-0.39, 0.29) is 11.9 Å². The molecule has 0 aliphatic carbocycles. The standard InChI is InChI=1S/C16H22N4OS/c1-11-5-7-14(8-6-11)12(2)17-16(21)10-20(4)9-15-13(3)18-19-22-15/h5-8,12H,9-10H2,1-4H3,(H,17,21). The smallest absolute Gasteiger partial charge is 0.234 e. The van der Waals surface area contributed by atoms with Gasteiger partial charge in [0, 0.05) is 6.54 Å². The predicted molar refractivity (Wildman–Crippen MR) is 88.7 cm³/mol. The number of nitrogens with one attached hydrogen (secondary N) is 1. The Bertz CT molecular complexity index is 623. The number of aromatic nitrogens is 2. The summed E-state index contributed by atoms with van der Waals surface area (Å²) >= 11 is 1.38. The van der Waals surface area contributed by atoms with Gasteiger partial charge in [0.15, 0.2) is 0 Å². The van der Waals surface area contributed by atoms with Crippen molar-refractivity contribution in [1.29, 1.82) is 0 Å². The Morgan fingerprint density at radius 2 is 2.00 bits per heavy atom. The van der Waals surface area contributed by atoms with Crippen molar-refractivity contribution in [3.63, 3.8) is 0 Å². The molecule has 1 amide bonds. The number of nitrogens with zero attached hydrogens (tertiary/aromatic N) is 3. The fraction of sp³-hybridized carbons (Fsp3) is 0.438. The normalized spacial score (nSPS) is 12.4. The molecule has 1 aromatic heterocycles. The van der Waals surface area contributed by atoms with E-state index in [1.165, 1.54) is 17.1 Å². The Balaban J connectivity index is 1.84. The molecule has 118 valence electrons. The van der Waals surface area contributed by atoms with Gasteiger partial charge in [0.2, 0.25) is 5.91 Å². The van der Waals surface area contributed by atoms with E-state index < -0.39 is 0 Å². The van der Waals surface area contributed by atoms with Gasteiger partial charge in [-0.15, -0.1) is 5.10 Å². The van der Waals surface area contributed by atoms with Crippen molar-refractivity contribution < 1.29 is 4.79 Å². The Hall–Kier alpha value is -1.79. The maximum Gasteiger partial charge on any atom is 0.234 e. The number of carbonyl (C=O) groups is 1. The molecule has 1 unspecified atom stereocenters. The van der Waals surface area contributed by atoms with Gasteiger partial charge in [-0.25, -0.2) is 0 Å². The summed E-state index contributed by atoms with van der Waals surface area (Å²) in [5.41, 5.74) is 3.27. The van der Waals surface area contributed by atoms with Gasteiger partial charge >= 0.3 is 0 Å². The molecule has 5 nitrogen and oxygen atoms in total. The van der Waals surface area contributed by atoms with Crippen LogP contribution in [0.4, 0.5) is 0 Å². The van der Waals surface area contributed by atoms with Crippen LogP contribution >= 0.6 is 11.5 Å². The van der Waals surface area contributed by atoms with Gasteiger partial charge in [0.05, 0.1) is 23.2 Å². The number of likely N-dealkylation sites (N-methyl/N-ethyl adjacent to an activating group) is 1. The molecule has 22 heavy (non-hydrogen) atoms. The zero-order chi connectivity index (χ0) is 16.1. The van der Waals surface area contributed by atoms with E-state index in [9.17, 15) is 4.79 Å². The first kappa shape index (κ1) is 16.6. The lowest BCUT2D eigenvalue weighted by molar-refractivity contribution is -0.122. The molecule has 2 aromatic rings. The van der Waals surface area contributed by atoms with Gasteiger partial charge in [-0.3, -0.25) is 9.69 Å². The first-order chi connectivity index (χ1) is 10.5. The highest BCUT2D eigenvalue weighted by molar-refractivity contribution is 7.05. The monoisotopic (exact) mass is 318 g/mol. The van der Waals surface area contributed by atoms with Gasteiger partial charge in [-0.2, -0.15) is 0 Å². The number of aryl methyl sites for hydroxylation is 2. The molecule has 1 atom stereocenters. The van der Waals surface area contributed by atoms with Crippen molar-refractivity contribution in [1.82, 2.24) is 19.8 Å². The molecule has 1 heterocycles. The van der Waals surface area contributed by atoms with E-state index in [1.54, 1.807) is 0 Å². The van der Waals surface area contributed by atoms with Crippen molar-refractivity contribution in [2.45, 2.75) is 33.4 Å². The maximum atomic E-state index is 12.1. The highest BCUT2D eigenvalue weighted by Gasteiger charge is 2.13. The van der Waals surface area contributed by atoms with Crippen LogP contribution in [0.1, 0.15) is 34.7 Å². The van der Waals surface area contributed by atoms with Crippen molar-refractivity contribution in [2.75, 3.05) is 13.6 Å². The molecule has 0 aliphatic heterocycles. The summed E-state index contributed by atoms with van der Waals surface area (Å²) < 4.78 is 3.91. The molecule has 6 heteroatoms. The summed E-state index contributed by atoms with van der Waals surface area (Å²) in [6.07, 6.45) is 0. The summed E-state index contributed by atoms with van der Waals surface area (Å²) in [7, 11) is 1.93. The third-order valence-electron chi connectivity index (χ3n) is 3.53.